The number of nitrogens with zero attached hydrogens (tertiary/aromatic N) is 4. The molecule has 1 aromatic carbocycles. The largest absolute Gasteiger partial charge is 0.497 e. The Bertz CT molecular complexity index is 989. The Labute approximate surface area is 144 Å². The lowest BCUT2D eigenvalue weighted by Gasteiger charge is -2.03. The third-order valence-electron chi connectivity index (χ3n) is 3.31. The maximum absolute atomic E-state index is 12.3. The molecule has 1 N–H and O–H groups in total. The number of benzene rings is 1. The van der Waals surface area contributed by atoms with Crippen LogP contribution in [0.2, 0.25) is 0 Å². The van der Waals surface area contributed by atoms with E-state index in [2.05, 4.69) is 20.6 Å². The Morgan fingerprint density at radius 1 is 1.21 bits per heavy atom. The van der Waals surface area contributed by atoms with E-state index in [1.54, 1.807) is 47.2 Å². The van der Waals surface area contributed by atoms with Crippen molar-refractivity contribution in [2.24, 2.45) is 0 Å². The molecule has 0 radical (unpaired) electrons. The average Bonchev–Trinajstić information content (AvgIpc) is 3.31. The van der Waals surface area contributed by atoms with Crippen LogP contribution in [0.1, 0.15) is 10.4 Å². The van der Waals surface area contributed by atoms with Crippen molar-refractivity contribution in [2.75, 3.05) is 12.4 Å². The van der Waals surface area contributed by atoms with Gasteiger partial charge in [-0.2, -0.15) is 4.52 Å². The molecule has 0 aliphatic rings. The first-order valence-electron chi connectivity index (χ1n) is 6.96. The van der Waals surface area contributed by atoms with Crippen LogP contribution in [0, 0.1) is 0 Å². The molecule has 0 unspecified atom stereocenters. The Balaban J connectivity index is 1.59. The minimum absolute atomic E-state index is 0.236. The van der Waals surface area contributed by atoms with E-state index in [-0.39, 0.29) is 5.91 Å². The van der Waals surface area contributed by atoms with Crippen LogP contribution in [0.15, 0.2) is 41.8 Å². The van der Waals surface area contributed by atoms with E-state index >= 15 is 0 Å². The van der Waals surface area contributed by atoms with Crippen molar-refractivity contribution >= 4 is 38.7 Å². The lowest BCUT2D eigenvalue weighted by molar-refractivity contribution is 0.102. The number of rotatable bonds is 4. The summed E-state index contributed by atoms with van der Waals surface area (Å²) in [6, 6.07) is 10.8. The first-order chi connectivity index (χ1) is 11.7. The van der Waals surface area contributed by atoms with Gasteiger partial charge in [-0.3, -0.25) is 10.1 Å². The summed E-state index contributed by atoms with van der Waals surface area (Å²) in [5.74, 6) is 1.13. The van der Waals surface area contributed by atoms with E-state index in [0.717, 1.165) is 4.88 Å². The van der Waals surface area contributed by atoms with E-state index in [1.165, 1.54) is 11.3 Å². The number of hydrogen-bond donors (Lipinski definition) is 1. The zero-order valence-electron chi connectivity index (χ0n) is 12.5. The molecule has 1 amide bonds. The molecule has 0 fully saturated rings. The van der Waals surface area contributed by atoms with E-state index in [4.69, 9.17) is 4.74 Å². The van der Waals surface area contributed by atoms with Crippen LogP contribution in [0.5, 0.6) is 5.75 Å². The van der Waals surface area contributed by atoms with Gasteiger partial charge in [-0.25, -0.2) is 0 Å². The Hall–Kier alpha value is -2.78. The number of hydrogen-bond acceptors (Lipinski definition) is 7. The molecule has 9 heteroatoms. The maximum Gasteiger partial charge on any atom is 0.257 e. The van der Waals surface area contributed by atoms with Gasteiger partial charge >= 0.3 is 0 Å². The zero-order chi connectivity index (χ0) is 16.5. The van der Waals surface area contributed by atoms with Crippen LogP contribution in [0.3, 0.4) is 0 Å². The number of thiophene rings is 1. The molecule has 4 aromatic rings. The molecule has 3 heterocycles. The van der Waals surface area contributed by atoms with Gasteiger partial charge in [-0.1, -0.05) is 17.4 Å². The number of ether oxygens (including phenoxy) is 1. The smallest absolute Gasteiger partial charge is 0.257 e. The number of amides is 1. The standard InChI is InChI=1S/C15H11N5O2S2/c1-22-10-6-4-9(5-7-10)13(21)16-14-19-20-12(11-3-2-8-23-11)17-18-15(20)24-14/h2-8H,1H3,(H,16,19,21). The second kappa shape index (κ2) is 6.02. The number of aromatic nitrogens is 4. The Morgan fingerprint density at radius 2 is 2.04 bits per heavy atom. The average molecular weight is 357 g/mol. The predicted molar refractivity (Wildman–Crippen MR) is 92.9 cm³/mol. The molecule has 0 spiro atoms. The van der Waals surface area contributed by atoms with E-state index in [9.17, 15) is 4.79 Å². The summed E-state index contributed by atoms with van der Waals surface area (Å²) in [5.41, 5.74) is 0.528. The van der Waals surface area contributed by atoms with Crippen molar-refractivity contribution in [2.45, 2.75) is 0 Å². The molecule has 3 aromatic heterocycles. The number of nitrogens with one attached hydrogen (secondary N) is 1. The van der Waals surface area contributed by atoms with Gasteiger partial charge in [-0.05, 0) is 35.7 Å². The third kappa shape index (κ3) is 2.63. The van der Waals surface area contributed by atoms with Gasteiger partial charge in [0.25, 0.3) is 5.91 Å². The van der Waals surface area contributed by atoms with Crippen molar-refractivity contribution in [3.63, 3.8) is 0 Å². The van der Waals surface area contributed by atoms with Crippen molar-refractivity contribution in [1.29, 1.82) is 0 Å². The lowest BCUT2D eigenvalue weighted by atomic mass is 10.2. The number of methoxy groups -OCH3 is 1. The van der Waals surface area contributed by atoms with Crippen molar-refractivity contribution in [3.05, 3.63) is 47.3 Å². The SMILES string of the molecule is COc1ccc(C(=O)Nc2nn3c(-c4cccs4)nnc3s2)cc1. The van der Waals surface area contributed by atoms with Gasteiger partial charge in [0.2, 0.25) is 10.1 Å². The summed E-state index contributed by atoms with van der Waals surface area (Å²) in [6.07, 6.45) is 0. The molecule has 0 saturated carbocycles. The molecular formula is C15H11N5O2S2. The van der Waals surface area contributed by atoms with Gasteiger partial charge in [0.05, 0.1) is 12.0 Å². The van der Waals surface area contributed by atoms with Crippen LogP contribution in [-0.2, 0) is 0 Å². The summed E-state index contributed by atoms with van der Waals surface area (Å²) < 4.78 is 6.72. The normalized spacial score (nSPS) is 10.9. The highest BCUT2D eigenvalue weighted by Gasteiger charge is 2.16. The van der Waals surface area contributed by atoms with Crippen LogP contribution < -0.4 is 10.1 Å². The highest BCUT2D eigenvalue weighted by molar-refractivity contribution is 7.20. The number of fused-ring (bicyclic) bond motifs is 1. The van der Waals surface area contributed by atoms with Gasteiger partial charge in [-0.15, -0.1) is 26.6 Å². The summed E-state index contributed by atoms with van der Waals surface area (Å²) in [5, 5.41) is 17.9. The quantitative estimate of drug-likeness (QED) is 0.607. The number of carbonyl (C=O) groups excluding carboxylic acids is 1. The first kappa shape index (κ1) is 14.8. The van der Waals surface area contributed by atoms with Crippen LogP contribution in [0.25, 0.3) is 15.7 Å². The molecule has 24 heavy (non-hydrogen) atoms. The molecule has 0 aliphatic heterocycles. The van der Waals surface area contributed by atoms with Gasteiger partial charge < -0.3 is 4.74 Å². The van der Waals surface area contributed by atoms with Crippen LogP contribution in [-0.4, -0.2) is 32.8 Å². The zero-order valence-corrected chi connectivity index (χ0v) is 14.1. The summed E-state index contributed by atoms with van der Waals surface area (Å²) in [4.78, 5) is 13.9. The summed E-state index contributed by atoms with van der Waals surface area (Å²) in [7, 11) is 1.58. The molecule has 0 saturated heterocycles. The molecule has 120 valence electrons. The van der Waals surface area contributed by atoms with Crippen molar-refractivity contribution in [3.8, 4) is 16.5 Å². The molecule has 7 nitrogen and oxygen atoms in total. The highest BCUT2D eigenvalue weighted by atomic mass is 32.1. The molecule has 0 atom stereocenters. The summed E-state index contributed by atoms with van der Waals surface area (Å²) in [6.45, 7) is 0. The fourth-order valence-electron chi connectivity index (χ4n) is 2.14. The first-order valence-corrected chi connectivity index (χ1v) is 8.66. The van der Waals surface area contributed by atoms with Crippen LogP contribution >= 0.6 is 22.7 Å². The van der Waals surface area contributed by atoms with Crippen LogP contribution in [0.4, 0.5) is 5.13 Å². The predicted octanol–water partition coefficient (Wildman–Crippen LogP) is 3.18. The minimum atomic E-state index is -0.236. The van der Waals surface area contributed by atoms with Gasteiger partial charge in [0, 0.05) is 5.56 Å². The van der Waals surface area contributed by atoms with E-state index in [0.29, 0.717) is 27.2 Å². The molecular weight excluding hydrogens is 346 g/mol. The molecule has 0 aliphatic carbocycles. The van der Waals surface area contributed by atoms with E-state index < -0.39 is 0 Å². The second-order valence-corrected chi connectivity index (χ2v) is 6.69. The monoisotopic (exact) mass is 357 g/mol. The minimum Gasteiger partial charge on any atom is -0.497 e. The van der Waals surface area contributed by atoms with E-state index in [1.807, 2.05) is 17.5 Å². The Kier molecular flexibility index (Phi) is 3.71. The second-order valence-electron chi connectivity index (χ2n) is 4.79. The molecule has 0 bridgehead atoms. The Morgan fingerprint density at radius 3 is 2.75 bits per heavy atom. The third-order valence-corrected chi connectivity index (χ3v) is 4.99. The van der Waals surface area contributed by atoms with Gasteiger partial charge in [0.1, 0.15) is 5.75 Å². The number of carbonyl (C=O) groups is 1. The topological polar surface area (TPSA) is 81.4 Å². The number of anilines is 1. The fraction of sp³-hybridized carbons (Fsp3) is 0.0667. The van der Waals surface area contributed by atoms with Crippen molar-refractivity contribution in [1.82, 2.24) is 19.8 Å². The molecule has 4 rings (SSSR count). The summed E-state index contributed by atoms with van der Waals surface area (Å²) >= 11 is 2.83. The van der Waals surface area contributed by atoms with Gasteiger partial charge in [0.15, 0.2) is 5.82 Å². The van der Waals surface area contributed by atoms with Crippen molar-refractivity contribution < 1.29 is 9.53 Å². The maximum atomic E-state index is 12.3. The highest BCUT2D eigenvalue weighted by Crippen LogP contribution is 2.27. The lowest BCUT2D eigenvalue weighted by Crippen LogP contribution is -2.11. The fourth-order valence-corrected chi connectivity index (χ4v) is 3.57.